The number of hydrogen-bond donors (Lipinski definition) is 3. The van der Waals surface area contributed by atoms with Crippen molar-refractivity contribution in [2.45, 2.75) is 50.7 Å². The first-order chi connectivity index (χ1) is 17.4. The number of fused-ring (bicyclic) bond motifs is 1. The Bertz CT molecular complexity index is 1360. The second kappa shape index (κ2) is 10.1. The van der Waals surface area contributed by atoms with Crippen molar-refractivity contribution in [2.24, 2.45) is 0 Å². The lowest BCUT2D eigenvalue weighted by molar-refractivity contribution is -0.121. The number of rotatable bonds is 8. The van der Waals surface area contributed by atoms with Crippen LogP contribution in [-0.2, 0) is 28.0 Å². The lowest BCUT2D eigenvalue weighted by Crippen LogP contribution is -2.42. The van der Waals surface area contributed by atoms with E-state index in [0.717, 1.165) is 6.07 Å². The Morgan fingerprint density at radius 3 is 2.62 bits per heavy atom. The van der Waals surface area contributed by atoms with E-state index in [0.29, 0.717) is 16.8 Å². The first-order valence-corrected chi connectivity index (χ1v) is 12.0. The highest BCUT2D eigenvalue weighted by Crippen LogP contribution is 2.41. The molecule has 4 rings (SSSR count). The molecule has 9 heteroatoms. The van der Waals surface area contributed by atoms with Crippen molar-refractivity contribution in [3.05, 3.63) is 93.5 Å². The molecule has 37 heavy (non-hydrogen) atoms. The molecule has 0 fully saturated rings. The molecule has 1 aliphatic heterocycles. The van der Waals surface area contributed by atoms with E-state index in [1.54, 1.807) is 32.0 Å². The minimum atomic E-state index is -1.84. The standard InChI is InChI=1S/C28H26ClF2NO5/c1-27(2,21-11-17(30)6-9-24(21)33)15-28(36,12-20-22(29)4-3-5-23(20)31)13-25(34)32-18-7-8-19-16(10-18)14-37-26(19)35/h3-11,33,36H,12-15H2,1-2H3,(H,32,34). The number of aliphatic hydroxyl groups is 1. The number of phenolic OH excluding ortho intramolecular Hbond substituents is 1. The fourth-order valence-electron chi connectivity index (χ4n) is 4.90. The summed E-state index contributed by atoms with van der Waals surface area (Å²) in [6.07, 6.45) is -0.900. The second-order valence-electron chi connectivity index (χ2n) is 10.00. The average molecular weight is 530 g/mol. The van der Waals surface area contributed by atoms with Crippen LogP contribution in [0, 0.1) is 11.6 Å². The molecule has 0 aromatic heterocycles. The first-order valence-electron chi connectivity index (χ1n) is 11.6. The summed E-state index contributed by atoms with van der Waals surface area (Å²) in [5, 5.41) is 24.9. The number of carbonyl (C=O) groups is 2. The molecule has 0 aliphatic carbocycles. The van der Waals surface area contributed by atoms with Gasteiger partial charge in [0.15, 0.2) is 0 Å². The van der Waals surface area contributed by atoms with Gasteiger partial charge >= 0.3 is 5.97 Å². The number of carbonyl (C=O) groups excluding carboxylic acids is 2. The van der Waals surface area contributed by atoms with Gasteiger partial charge in [-0.05, 0) is 60.4 Å². The SMILES string of the molecule is CC(C)(CC(O)(CC(=O)Nc1ccc2c(c1)COC2=O)Cc1c(F)cccc1Cl)c1cc(F)ccc1O. The number of halogens is 3. The molecule has 1 amide bonds. The molecule has 1 atom stereocenters. The van der Waals surface area contributed by atoms with Crippen LogP contribution >= 0.6 is 11.6 Å². The lowest BCUT2D eigenvalue weighted by atomic mass is 9.72. The molecule has 0 spiro atoms. The fraction of sp³-hybridized carbons (Fsp3) is 0.286. The maximum absolute atomic E-state index is 14.7. The van der Waals surface area contributed by atoms with Gasteiger partial charge in [-0.25, -0.2) is 13.6 Å². The number of aromatic hydroxyl groups is 1. The van der Waals surface area contributed by atoms with Gasteiger partial charge in [0.05, 0.1) is 17.6 Å². The van der Waals surface area contributed by atoms with E-state index in [2.05, 4.69) is 5.32 Å². The van der Waals surface area contributed by atoms with Crippen LogP contribution in [0.15, 0.2) is 54.6 Å². The Kier molecular flexibility index (Phi) is 7.26. The molecule has 0 saturated heterocycles. The van der Waals surface area contributed by atoms with Crippen LogP contribution in [0.1, 0.15) is 53.7 Å². The van der Waals surface area contributed by atoms with Crippen LogP contribution in [0.2, 0.25) is 5.02 Å². The van der Waals surface area contributed by atoms with Gasteiger partial charge in [-0.1, -0.05) is 31.5 Å². The van der Waals surface area contributed by atoms with Gasteiger partial charge in [-0.15, -0.1) is 0 Å². The number of anilines is 1. The largest absolute Gasteiger partial charge is 0.508 e. The maximum Gasteiger partial charge on any atom is 0.338 e. The highest BCUT2D eigenvalue weighted by atomic mass is 35.5. The normalized spacial score (nSPS) is 14.6. The van der Waals surface area contributed by atoms with Crippen molar-refractivity contribution in [3.8, 4) is 5.75 Å². The summed E-state index contributed by atoms with van der Waals surface area (Å²) in [7, 11) is 0. The van der Waals surface area contributed by atoms with E-state index < -0.39 is 40.9 Å². The Hall–Kier alpha value is -3.49. The van der Waals surface area contributed by atoms with Crippen molar-refractivity contribution in [2.75, 3.05) is 5.32 Å². The summed E-state index contributed by atoms with van der Waals surface area (Å²) in [4.78, 5) is 24.8. The predicted octanol–water partition coefficient (Wildman–Crippen LogP) is 5.66. The number of amides is 1. The van der Waals surface area contributed by atoms with Gasteiger partial charge in [-0.3, -0.25) is 4.79 Å². The number of benzene rings is 3. The summed E-state index contributed by atoms with van der Waals surface area (Å²) in [5.74, 6) is -2.39. The van der Waals surface area contributed by atoms with Crippen LogP contribution in [-0.4, -0.2) is 27.7 Å². The maximum atomic E-state index is 14.7. The molecule has 3 N–H and O–H groups in total. The summed E-state index contributed by atoms with van der Waals surface area (Å²) < 4.78 is 33.7. The molecule has 1 aliphatic rings. The van der Waals surface area contributed by atoms with Gasteiger partial charge in [0.1, 0.15) is 24.0 Å². The molecule has 0 bridgehead atoms. The number of nitrogens with one attached hydrogen (secondary N) is 1. The van der Waals surface area contributed by atoms with Crippen molar-refractivity contribution in [1.82, 2.24) is 0 Å². The van der Waals surface area contributed by atoms with E-state index >= 15 is 0 Å². The molecule has 0 saturated carbocycles. The third-order valence-corrected chi connectivity index (χ3v) is 6.84. The molecule has 0 radical (unpaired) electrons. The topological polar surface area (TPSA) is 95.9 Å². The van der Waals surface area contributed by atoms with Crippen LogP contribution in [0.4, 0.5) is 14.5 Å². The van der Waals surface area contributed by atoms with Gasteiger partial charge in [0.25, 0.3) is 0 Å². The van der Waals surface area contributed by atoms with Gasteiger partial charge in [-0.2, -0.15) is 0 Å². The van der Waals surface area contributed by atoms with E-state index in [9.17, 15) is 28.6 Å². The number of phenols is 1. The quantitative estimate of drug-likeness (QED) is 0.327. The number of hydrogen-bond acceptors (Lipinski definition) is 5. The van der Waals surface area contributed by atoms with E-state index in [1.807, 2.05) is 0 Å². The first kappa shape index (κ1) is 26.6. The van der Waals surface area contributed by atoms with E-state index in [1.165, 1.54) is 30.3 Å². The summed E-state index contributed by atoms with van der Waals surface area (Å²) in [6, 6.07) is 12.3. The van der Waals surface area contributed by atoms with Crippen molar-refractivity contribution in [3.63, 3.8) is 0 Å². The smallest absolute Gasteiger partial charge is 0.338 e. The lowest BCUT2D eigenvalue weighted by Gasteiger charge is -2.37. The number of cyclic esters (lactones) is 1. The molecular weight excluding hydrogens is 504 g/mol. The predicted molar refractivity (Wildman–Crippen MR) is 135 cm³/mol. The third-order valence-electron chi connectivity index (χ3n) is 6.48. The molecule has 194 valence electrons. The molecule has 1 unspecified atom stereocenters. The molecule has 1 heterocycles. The van der Waals surface area contributed by atoms with Crippen LogP contribution in [0.25, 0.3) is 0 Å². The molecular formula is C28H26ClF2NO5. The van der Waals surface area contributed by atoms with E-state index in [4.69, 9.17) is 16.3 Å². The molecule has 3 aromatic carbocycles. The zero-order valence-electron chi connectivity index (χ0n) is 20.3. The van der Waals surface area contributed by atoms with Gasteiger partial charge in [0.2, 0.25) is 5.91 Å². The zero-order valence-corrected chi connectivity index (χ0v) is 21.0. The Morgan fingerprint density at radius 2 is 1.89 bits per heavy atom. The molecule has 3 aromatic rings. The van der Waals surface area contributed by atoms with Gasteiger partial charge in [0, 0.05) is 33.8 Å². The van der Waals surface area contributed by atoms with E-state index in [-0.39, 0.29) is 41.3 Å². The highest BCUT2D eigenvalue weighted by Gasteiger charge is 2.40. The minimum Gasteiger partial charge on any atom is -0.508 e. The van der Waals surface area contributed by atoms with Crippen LogP contribution in [0.3, 0.4) is 0 Å². The molecule has 6 nitrogen and oxygen atoms in total. The minimum absolute atomic E-state index is 0.0342. The summed E-state index contributed by atoms with van der Waals surface area (Å²) >= 11 is 6.22. The fourth-order valence-corrected chi connectivity index (χ4v) is 5.13. The third kappa shape index (κ3) is 5.92. The summed E-state index contributed by atoms with van der Waals surface area (Å²) in [5.41, 5.74) is -1.16. The second-order valence-corrected chi connectivity index (χ2v) is 10.4. The Morgan fingerprint density at radius 1 is 1.14 bits per heavy atom. The summed E-state index contributed by atoms with van der Waals surface area (Å²) in [6.45, 7) is 3.47. The monoisotopic (exact) mass is 529 g/mol. The number of ether oxygens (including phenoxy) is 1. The zero-order chi connectivity index (χ0) is 27.0. The number of esters is 1. The Balaban J connectivity index is 1.63. The highest BCUT2D eigenvalue weighted by molar-refractivity contribution is 6.31. The van der Waals surface area contributed by atoms with Crippen molar-refractivity contribution in [1.29, 1.82) is 0 Å². The Labute approximate surface area is 217 Å². The van der Waals surface area contributed by atoms with Gasteiger partial charge < -0.3 is 20.3 Å². The van der Waals surface area contributed by atoms with Crippen LogP contribution in [0.5, 0.6) is 5.75 Å². The van der Waals surface area contributed by atoms with Crippen LogP contribution < -0.4 is 5.32 Å². The average Bonchev–Trinajstić information content (AvgIpc) is 3.17. The van der Waals surface area contributed by atoms with Crippen molar-refractivity contribution < 1.29 is 33.3 Å². The van der Waals surface area contributed by atoms with Crippen molar-refractivity contribution >= 4 is 29.2 Å².